The fourth-order valence-electron chi connectivity index (χ4n) is 2.84. The van der Waals surface area contributed by atoms with Gasteiger partial charge in [-0.1, -0.05) is 44.4 Å². The average molecular weight is 335 g/mol. The van der Waals surface area contributed by atoms with Crippen LogP contribution in [0, 0.1) is 5.92 Å². The number of aromatic amines is 1. The second kappa shape index (κ2) is 7.42. The molecule has 2 aromatic rings. The van der Waals surface area contributed by atoms with Crippen LogP contribution >= 0.6 is 23.1 Å². The zero-order valence-electron chi connectivity index (χ0n) is 12.8. The number of Topliss-reactive ketones (excluding diaryl/α,β-unsaturated/α-hetero) is 1. The van der Waals surface area contributed by atoms with Gasteiger partial charge in [-0.25, -0.2) is 4.98 Å². The number of rotatable bonds is 7. The van der Waals surface area contributed by atoms with Crippen molar-refractivity contribution < 1.29 is 4.79 Å². The molecule has 0 saturated heterocycles. The van der Waals surface area contributed by atoms with Crippen LogP contribution in [-0.2, 0) is 12.8 Å². The first-order valence-corrected chi connectivity index (χ1v) is 9.70. The molecule has 0 aliphatic heterocycles. The van der Waals surface area contributed by atoms with E-state index in [4.69, 9.17) is 0 Å². The molecule has 3 rings (SSSR count). The third kappa shape index (κ3) is 3.98. The summed E-state index contributed by atoms with van der Waals surface area (Å²) in [7, 11) is 0. The van der Waals surface area contributed by atoms with Crippen molar-refractivity contribution in [3.63, 3.8) is 0 Å². The van der Waals surface area contributed by atoms with Gasteiger partial charge in [-0.05, 0) is 24.5 Å². The van der Waals surface area contributed by atoms with Crippen LogP contribution in [0.3, 0.4) is 0 Å². The molecular weight excluding hydrogens is 314 g/mol. The molecular formula is C16H21N3OS2. The molecule has 0 amide bonds. The Hall–Kier alpha value is -1.14. The Bertz CT molecular complexity index is 629. The number of hydrogen-bond acceptors (Lipinski definition) is 5. The molecule has 0 bridgehead atoms. The minimum absolute atomic E-state index is 0.164. The van der Waals surface area contributed by atoms with Gasteiger partial charge in [0.1, 0.15) is 5.82 Å². The van der Waals surface area contributed by atoms with Gasteiger partial charge in [0, 0.05) is 11.3 Å². The molecule has 0 aromatic carbocycles. The number of carbonyl (C=O) groups is 1. The zero-order chi connectivity index (χ0) is 15.4. The van der Waals surface area contributed by atoms with Crippen molar-refractivity contribution in [1.82, 2.24) is 15.2 Å². The fourth-order valence-corrected chi connectivity index (χ4v) is 4.52. The maximum absolute atomic E-state index is 12.2. The molecule has 22 heavy (non-hydrogen) atoms. The van der Waals surface area contributed by atoms with Crippen molar-refractivity contribution >= 4 is 28.9 Å². The monoisotopic (exact) mass is 335 g/mol. The van der Waals surface area contributed by atoms with Crippen molar-refractivity contribution in [1.29, 1.82) is 0 Å². The van der Waals surface area contributed by atoms with Gasteiger partial charge >= 0.3 is 0 Å². The van der Waals surface area contributed by atoms with E-state index in [1.807, 2.05) is 12.1 Å². The first-order valence-electron chi connectivity index (χ1n) is 7.90. The van der Waals surface area contributed by atoms with Gasteiger partial charge in [-0.15, -0.1) is 16.4 Å². The largest absolute Gasteiger partial charge is 0.292 e. The Balaban J connectivity index is 1.50. The van der Waals surface area contributed by atoms with Crippen LogP contribution in [0.5, 0.6) is 0 Å². The predicted molar refractivity (Wildman–Crippen MR) is 90.8 cm³/mol. The van der Waals surface area contributed by atoms with Crippen LogP contribution in [0.1, 0.15) is 53.0 Å². The lowest BCUT2D eigenvalue weighted by atomic mass is 10.0. The van der Waals surface area contributed by atoms with Crippen LogP contribution in [0.15, 0.2) is 17.3 Å². The van der Waals surface area contributed by atoms with Crippen molar-refractivity contribution in [2.45, 2.75) is 50.6 Å². The van der Waals surface area contributed by atoms with E-state index in [1.165, 1.54) is 42.3 Å². The molecule has 6 heteroatoms. The number of ketones is 1. The number of hydrogen-bond donors (Lipinski definition) is 1. The number of nitrogens with one attached hydrogen (secondary N) is 1. The van der Waals surface area contributed by atoms with E-state index in [1.54, 1.807) is 11.3 Å². The highest BCUT2D eigenvalue weighted by Crippen LogP contribution is 2.27. The number of aromatic nitrogens is 3. The van der Waals surface area contributed by atoms with Crippen molar-refractivity contribution in [3.8, 4) is 0 Å². The smallest absolute Gasteiger partial charge is 0.208 e. The molecule has 1 fully saturated rings. The SMILES string of the molecule is CCc1ccc(C(=O)CSc2n[nH]c(CC3CCCC3)n2)s1. The van der Waals surface area contributed by atoms with E-state index in [2.05, 4.69) is 22.1 Å². The Kier molecular flexibility index (Phi) is 5.31. The molecule has 1 N–H and O–H groups in total. The van der Waals surface area contributed by atoms with Crippen molar-refractivity contribution in [2.24, 2.45) is 5.92 Å². The molecule has 0 unspecified atom stereocenters. The highest BCUT2D eigenvalue weighted by atomic mass is 32.2. The van der Waals surface area contributed by atoms with Gasteiger partial charge in [0.2, 0.25) is 5.16 Å². The summed E-state index contributed by atoms with van der Waals surface area (Å²) in [5.74, 6) is 2.29. The quantitative estimate of drug-likeness (QED) is 0.610. The van der Waals surface area contributed by atoms with Gasteiger partial charge in [0.05, 0.1) is 10.6 Å². The number of thioether (sulfide) groups is 1. The van der Waals surface area contributed by atoms with E-state index in [0.29, 0.717) is 10.9 Å². The van der Waals surface area contributed by atoms with E-state index in [-0.39, 0.29) is 5.78 Å². The normalized spacial score (nSPS) is 15.5. The van der Waals surface area contributed by atoms with Gasteiger partial charge in [0.15, 0.2) is 5.78 Å². The number of thiophene rings is 1. The lowest BCUT2D eigenvalue weighted by Gasteiger charge is -2.03. The maximum Gasteiger partial charge on any atom is 0.208 e. The molecule has 118 valence electrons. The second-order valence-electron chi connectivity index (χ2n) is 5.75. The first kappa shape index (κ1) is 15.7. The minimum atomic E-state index is 0.164. The van der Waals surface area contributed by atoms with Gasteiger partial charge in [0.25, 0.3) is 0 Å². The maximum atomic E-state index is 12.2. The first-order chi connectivity index (χ1) is 10.7. The summed E-state index contributed by atoms with van der Waals surface area (Å²) < 4.78 is 0. The average Bonchev–Trinajstić information content (AvgIpc) is 3.27. The van der Waals surface area contributed by atoms with E-state index in [0.717, 1.165) is 29.5 Å². The van der Waals surface area contributed by atoms with Crippen molar-refractivity contribution in [3.05, 3.63) is 27.7 Å². The molecule has 0 spiro atoms. The number of H-pyrrole nitrogens is 1. The van der Waals surface area contributed by atoms with Crippen LogP contribution in [0.4, 0.5) is 0 Å². The van der Waals surface area contributed by atoms with Crippen LogP contribution in [0.25, 0.3) is 0 Å². The molecule has 2 heterocycles. The molecule has 1 aliphatic carbocycles. The lowest BCUT2D eigenvalue weighted by Crippen LogP contribution is -2.01. The highest BCUT2D eigenvalue weighted by molar-refractivity contribution is 7.99. The second-order valence-corrected chi connectivity index (χ2v) is 7.86. The minimum Gasteiger partial charge on any atom is -0.292 e. The fraction of sp³-hybridized carbons (Fsp3) is 0.562. The summed E-state index contributed by atoms with van der Waals surface area (Å²) in [4.78, 5) is 18.8. The van der Waals surface area contributed by atoms with E-state index >= 15 is 0 Å². The number of aryl methyl sites for hydroxylation is 1. The van der Waals surface area contributed by atoms with Crippen LogP contribution in [-0.4, -0.2) is 26.7 Å². The molecule has 4 nitrogen and oxygen atoms in total. The summed E-state index contributed by atoms with van der Waals surface area (Å²) in [5.41, 5.74) is 0. The Morgan fingerprint density at radius 1 is 1.41 bits per heavy atom. The molecule has 0 atom stereocenters. The number of carbonyl (C=O) groups excluding carboxylic acids is 1. The summed E-state index contributed by atoms with van der Waals surface area (Å²) in [6.45, 7) is 2.11. The van der Waals surface area contributed by atoms with Gasteiger partial charge < -0.3 is 0 Å². The standard InChI is InChI=1S/C16H21N3OS2/c1-2-12-7-8-14(22-12)13(20)10-21-16-17-15(18-19-16)9-11-5-3-4-6-11/h7-8,11H,2-6,9-10H2,1H3,(H,17,18,19). The summed E-state index contributed by atoms with van der Waals surface area (Å²) in [6, 6.07) is 3.96. The van der Waals surface area contributed by atoms with Gasteiger partial charge in [-0.3, -0.25) is 9.89 Å². The molecule has 2 aromatic heterocycles. The highest BCUT2D eigenvalue weighted by Gasteiger charge is 2.18. The topological polar surface area (TPSA) is 58.6 Å². The summed E-state index contributed by atoms with van der Waals surface area (Å²) in [5, 5.41) is 7.93. The Morgan fingerprint density at radius 2 is 2.23 bits per heavy atom. The van der Waals surface area contributed by atoms with Crippen LogP contribution < -0.4 is 0 Å². The molecule has 1 aliphatic rings. The third-order valence-corrected chi connectivity index (χ3v) is 6.20. The van der Waals surface area contributed by atoms with Crippen molar-refractivity contribution in [2.75, 3.05) is 5.75 Å². The van der Waals surface area contributed by atoms with Gasteiger partial charge in [-0.2, -0.15) is 0 Å². The Labute approximate surface area is 139 Å². The third-order valence-electron chi connectivity index (χ3n) is 4.09. The lowest BCUT2D eigenvalue weighted by molar-refractivity contribution is 0.102. The van der Waals surface area contributed by atoms with Crippen LogP contribution in [0.2, 0.25) is 0 Å². The predicted octanol–water partition coefficient (Wildman–Crippen LogP) is 4.14. The summed E-state index contributed by atoms with van der Waals surface area (Å²) >= 11 is 3.01. The Morgan fingerprint density at radius 3 is 2.95 bits per heavy atom. The van der Waals surface area contributed by atoms with E-state index in [9.17, 15) is 4.79 Å². The zero-order valence-corrected chi connectivity index (χ0v) is 14.4. The molecule has 0 radical (unpaired) electrons. The van der Waals surface area contributed by atoms with E-state index < -0.39 is 0 Å². The summed E-state index contributed by atoms with van der Waals surface area (Å²) in [6.07, 6.45) is 7.27. The number of nitrogens with zero attached hydrogens (tertiary/aromatic N) is 2. The molecule has 1 saturated carbocycles.